The van der Waals surface area contributed by atoms with Crippen LogP contribution >= 0.6 is 11.6 Å². The zero-order valence-electron chi connectivity index (χ0n) is 13.7. The Hall–Kier alpha value is -2.13. The van der Waals surface area contributed by atoms with Gasteiger partial charge in [0.2, 0.25) is 0 Å². The molecule has 2 aromatic carbocycles. The molecule has 23 heavy (non-hydrogen) atoms. The molecule has 0 unspecified atom stereocenters. The van der Waals surface area contributed by atoms with Gasteiger partial charge in [-0.25, -0.2) is 4.98 Å². The van der Waals surface area contributed by atoms with Gasteiger partial charge in [0.25, 0.3) is 5.56 Å². The number of nitrogens with zero attached hydrogens (tertiary/aromatic N) is 2. The monoisotopic (exact) mass is 326 g/mol. The van der Waals surface area contributed by atoms with Crippen molar-refractivity contribution in [2.75, 3.05) is 0 Å². The molecule has 3 rings (SSSR count). The van der Waals surface area contributed by atoms with Crippen LogP contribution in [0.2, 0.25) is 5.02 Å². The molecular formula is C19H19ClN2O. The topological polar surface area (TPSA) is 34.9 Å². The molecule has 118 valence electrons. The Balaban J connectivity index is 2.50. The van der Waals surface area contributed by atoms with Crippen LogP contribution in [0.5, 0.6) is 0 Å². The molecule has 3 aromatic rings. The third-order valence-electron chi connectivity index (χ3n) is 3.78. The summed E-state index contributed by atoms with van der Waals surface area (Å²) >= 11 is 6.27. The molecule has 0 fully saturated rings. The smallest absolute Gasteiger partial charge is 0.267 e. The molecule has 1 heterocycles. The molecule has 0 saturated carbocycles. The lowest BCUT2D eigenvalue weighted by molar-refractivity contribution is 0.526. The van der Waals surface area contributed by atoms with Crippen LogP contribution in [0.25, 0.3) is 16.6 Å². The van der Waals surface area contributed by atoms with Crippen molar-refractivity contribution in [3.8, 4) is 5.69 Å². The quantitative estimate of drug-likeness (QED) is 0.652. The SMILES string of the molecule is Cc1cccc(-n2c(C(C)(C)C)nc3cccc(Cl)c3c2=O)c1. The molecule has 0 aliphatic carbocycles. The predicted octanol–water partition coefficient (Wildman–Crippen LogP) is 4.65. The molecule has 0 spiro atoms. The molecule has 0 radical (unpaired) electrons. The Bertz CT molecular complexity index is 952. The Labute approximate surface area is 140 Å². The van der Waals surface area contributed by atoms with Gasteiger partial charge in [0.1, 0.15) is 5.82 Å². The second-order valence-electron chi connectivity index (χ2n) is 6.80. The molecule has 0 atom stereocenters. The maximum Gasteiger partial charge on any atom is 0.267 e. The van der Waals surface area contributed by atoms with Crippen LogP contribution < -0.4 is 5.56 Å². The summed E-state index contributed by atoms with van der Waals surface area (Å²) in [6.45, 7) is 8.17. The highest BCUT2D eigenvalue weighted by Crippen LogP contribution is 2.26. The van der Waals surface area contributed by atoms with Crippen molar-refractivity contribution in [2.45, 2.75) is 33.1 Å². The van der Waals surface area contributed by atoms with Crippen molar-refractivity contribution >= 4 is 22.5 Å². The van der Waals surface area contributed by atoms with E-state index in [0.29, 0.717) is 15.9 Å². The van der Waals surface area contributed by atoms with Crippen molar-refractivity contribution < 1.29 is 0 Å². The van der Waals surface area contributed by atoms with Crippen LogP contribution in [0, 0.1) is 6.92 Å². The number of hydrogen-bond acceptors (Lipinski definition) is 2. The van der Waals surface area contributed by atoms with Gasteiger partial charge in [-0.2, -0.15) is 0 Å². The molecule has 0 bridgehead atoms. The van der Waals surface area contributed by atoms with Crippen LogP contribution in [-0.2, 0) is 5.41 Å². The fraction of sp³-hybridized carbons (Fsp3) is 0.263. The zero-order valence-corrected chi connectivity index (χ0v) is 14.5. The first-order chi connectivity index (χ1) is 10.8. The standard InChI is InChI=1S/C19H19ClN2O/c1-12-7-5-8-13(11-12)22-17(23)16-14(20)9-6-10-15(16)21-18(22)19(2,3)4/h5-11H,1-4H3. The van der Waals surface area contributed by atoms with E-state index in [2.05, 4.69) is 20.8 Å². The summed E-state index contributed by atoms with van der Waals surface area (Å²) in [5.74, 6) is 0.725. The van der Waals surface area contributed by atoms with Crippen molar-refractivity contribution in [1.29, 1.82) is 0 Å². The van der Waals surface area contributed by atoms with Gasteiger partial charge in [0, 0.05) is 5.41 Å². The second-order valence-corrected chi connectivity index (χ2v) is 7.21. The average Bonchev–Trinajstić information content (AvgIpc) is 2.46. The normalized spacial score (nSPS) is 11.9. The van der Waals surface area contributed by atoms with E-state index in [9.17, 15) is 4.79 Å². The average molecular weight is 327 g/mol. The van der Waals surface area contributed by atoms with Gasteiger partial charge in [-0.1, -0.05) is 50.6 Å². The summed E-state index contributed by atoms with van der Waals surface area (Å²) in [6.07, 6.45) is 0. The first kappa shape index (κ1) is 15.8. The maximum absolute atomic E-state index is 13.2. The fourth-order valence-electron chi connectivity index (χ4n) is 2.70. The van der Waals surface area contributed by atoms with E-state index in [1.54, 1.807) is 10.6 Å². The van der Waals surface area contributed by atoms with Crippen LogP contribution in [0.4, 0.5) is 0 Å². The van der Waals surface area contributed by atoms with E-state index in [1.165, 1.54) is 0 Å². The molecule has 0 saturated heterocycles. The van der Waals surface area contributed by atoms with Crippen LogP contribution in [-0.4, -0.2) is 9.55 Å². The molecular weight excluding hydrogens is 308 g/mol. The predicted molar refractivity (Wildman–Crippen MR) is 95.8 cm³/mol. The Morgan fingerprint density at radius 2 is 1.78 bits per heavy atom. The summed E-state index contributed by atoms with van der Waals surface area (Å²) in [5.41, 5.74) is 2.13. The van der Waals surface area contributed by atoms with Gasteiger partial charge in [-0.3, -0.25) is 9.36 Å². The number of benzene rings is 2. The highest BCUT2D eigenvalue weighted by Gasteiger charge is 2.24. The lowest BCUT2D eigenvalue weighted by atomic mass is 9.94. The molecule has 0 aliphatic rings. The van der Waals surface area contributed by atoms with E-state index in [0.717, 1.165) is 17.1 Å². The highest BCUT2D eigenvalue weighted by atomic mass is 35.5. The zero-order chi connectivity index (χ0) is 16.8. The fourth-order valence-corrected chi connectivity index (χ4v) is 2.95. The van der Waals surface area contributed by atoms with Crippen LogP contribution in [0.1, 0.15) is 32.2 Å². The molecule has 4 heteroatoms. The van der Waals surface area contributed by atoms with Gasteiger partial charge < -0.3 is 0 Å². The lowest BCUT2D eigenvalue weighted by Crippen LogP contribution is -2.30. The molecule has 3 nitrogen and oxygen atoms in total. The van der Waals surface area contributed by atoms with E-state index in [1.807, 2.05) is 43.3 Å². The van der Waals surface area contributed by atoms with Crippen molar-refractivity contribution in [2.24, 2.45) is 0 Å². The van der Waals surface area contributed by atoms with E-state index >= 15 is 0 Å². The Morgan fingerprint density at radius 1 is 1.09 bits per heavy atom. The summed E-state index contributed by atoms with van der Waals surface area (Å²) in [5, 5.41) is 0.894. The first-order valence-electron chi connectivity index (χ1n) is 7.58. The summed E-state index contributed by atoms with van der Waals surface area (Å²) in [6, 6.07) is 13.2. The number of aromatic nitrogens is 2. The number of aryl methyl sites for hydroxylation is 1. The van der Waals surface area contributed by atoms with Crippen molar-refractivity contribution in [1.82, 2.24) is 9.55 Å². The Kier molecular flexibility index (Phi) is 3.77. The van der Waals surface area contributed by atoms with Crippen LogP contribution in [0.15, 0.2) is 47.3 Å². The van der Waals surface area contributed by atoms with Gasteiger partial charge in [-0.15, -0.1) is 0 Å². The lowest BCUT2D eigenvalue weighted by Gasteiger charge is -2.24. The second kappa shape index (κ2) is 5.50. The summed E-state index contributed by atoms with van der Waals surface area (Å²) in [7, 11) is 0. The number of halogens is 1. The van der Waals surface area contributed by atoms with Gasteiger partial charge in [0.15, 0.2) is 0 Å². The van der Waals surface area contributed by atoms with E-state index in [-0.39, 0.29) is 11.0 Å². The molecule has 1 aromatic heterocycles. The van der Waals surface area contributed by atoms with E-state index < -0.39 is 0 Å². The largest absolute Gasteiger partial charge is 0.268 e. The van der Waals surface area contributed by atoms with Gasteiger partial charge in [0.05, 0.1) is 21.6 Å². The summed E-state index contributed by atoms with van der Waals surface area (Å²) in [4.78, 5) is 17.9. The first-order valence-corrected chi connectivity index (χ1v) is 7.95. The number of rotatable bonds is 1. The minimum atomic E-state index is -0.278. The third-order valence-corrected chi connectivity index (χ3v) is 4.09. The van der Waals surface area contributed by atoms with Gasteiger partial charge >= 0.3 is 0 Å². The van der Waals surface area contributed by atoms with Crippen molar-refractivity contribution in [3.05, 3.63) is 69.2 Å². The van der Waals surface area contributed by atoms with E-state index in [4.69, 9.17) is 16.6 Å². The Morgan fingerprint density at radius 3 is 2.43 bits per heavy atom. The van der Waals surface area contributed by atoms with Crippen molar-refractivity contribution in [3.63, 3.8) is 0 Å². The molecule has 0 aliphatic heterocycles. The van der Waals surface area contributed by atoms with Crippen LogP contribution in [0.3, 0.4) is 0 Å². The maximum atomic E-state index is 13.2. The molecule has 0 amide bonds. The number of hydrogen-bond donors (Lipinski definition) is 0. The molecule has 0 N–H and O–H groups in total. The third kappa shape index (κ3) is 2.77. The minimum Gasteiger partial charge on any atom is -0.268 e. The summed E-state index contributed by atoms with van der Waals surface area (Å²) < 4.78 is 1.68. The highest BCUT2D eigenvalue weighted by molar-refractivity contribution is 6.35. The van der Waals surface area contributed by atoms with Gasteiger partial charge in [-0.05, 0) is 36.8 Å². The minimum absolute atomic E-state index is 0.129. The number of fused-ring (bicyclic) bond motifs is 1.